The minimum Gasteiger partial charge on any atom is -0.481 e. The Hall–Kier alpha value is -1.22. The third-order valence-corrected chi connectivity index (χ3v) is 3.81. The Bertz CT molecular complexity index is 439. The van der Waals surface area contributed by atoms with Crippen molar-refractivity contribution in [1.29, 1.82) is 0 Å². The molecule has 1 N–H and O–H groups in total. The van der Waals surface area contributed by atoms with Crippen LogP contribution in [-0.4, -0.2) is 24.2 Å². The molecule has 1 aromatic carbocycles. The number of carbonyl (C=O) groups is 1. The van der Waals surface area contributed by atoms with Crippen molar-refractivity contribution in [3.05, 3.63) is 28.8 Å². The molecule has 2 rings (SSSR count). The summed E-state index contributed by atoms with van der Waals surface area (Å²) in [5, 5.41) is 9.56. The lowest BCUT2D eigenvalue weighted by atomic mass is 9.93. The standard InChI is InChI=1S/C14H18ClNO2/c1-10-8-12(15)2-3-13(10)16-6-4-11(5-7-16)9-14(17)18/h2-3,8,11H,4-7,9H2,1H3,(H,17,18). The van der Waals surface area contributed by atoms with E-state index in [4.69, 9.17) is 16.7 Å². The van der Waals surface area contributed by atoms with E-state index < -0.39 is 5.97 Å². The van der Waals surface area contributed by atoms with E-state index in [9.17, 15) is 4.79 Å². The fourth-order valence-electron chi connectivity index (χ4n) is 2.60. The number of aliphatic carboxylic acids is 1. The Morgan fingerprint density at radius 3 is 2.67 bits per heavy atom. The third-order valence-electron chi connectivity index (χ3n) is 3.58. The van der Waals surface area contributed by atoms with Crippen LogP contribution in [0.3, 0.4) is 0 Å². The number of rotatable bonds is 3. The highest BCUT2D eigenvalue weighted by Crippen LogP contribution is 2.28. The van der Waals surface area contributed by atoms with Gasteiger partial charge in [-0.1, -0.05) is 11.6 Å². The molecule has 1 aliphatic heterocycles. The van der Waals surface area contributed by atoms with Crippen molar-refractivity contribution in [2.45, 2.75) is 26.2 Å². The molecule has 0 radical (unpaired) electrons. The molecule has 1 aliphatic rings. The SMILES string of the molecule is Cc1cc(Cl)ccc1N1CCC(CC(=O)O)CC1. The molecule has 98 valence electrons. The summed E-state index contributed by atoms with van der Waals surface area (Å²) in [5.41, 5.74) is 2.40. The lowest BCUT2D eigenvalue weighted by Gasteiger charge is -2.34. The first-order chi connectivity index (χ1) is 8.56. The van der Waals surface area contributed by atoms with Gasteiger partial charge in [0.15, 0.2) is 0 Å². The number of anilines is 1. The monoisotopic (exact) mass is 267 g/mol. The molecular weight excluding hydrogens is 250 g/mol. The van der Waals surface area contributed by atoms with E-state index in [0.29, 0.717) is 12.3 Å². The van der Waals surface area contributed by atoms with Gasteiger partial charge in [-0.05, 0) is 49.4 Å². The van der Waals surface area contributed by atoms with Crippen molar-refractivity contribution in [3.63, 3.8) is 0 Å². The molecule has 0 aromatic heterocycles. The Morgan fingerprint density at radius 1 is 1.44 bits per heavy atom. The quantitative estimate of drug-likeness (QED) is 0.913. The van der Waals surface area contributed by atoms with E-state index in [1.807, 2.05) is 12.1 Å². The number of hydrogen-bond acceptors (Lipinski definition) is 2. The summed E-state index contributed by atoms with van der Waals surface area (Å²) in [6.45, 7) is 3.92. The number of benzene rings is 1. The first kappa shape index (κ1) is 13.2. The molecule has 0 aliphatic carbocycles. The largest absolute Gasteiger partial charge is 0.481 e. The van der Waals surface area contributed by atoms with E-state index in [1.54, 1.807) is 0 Å². The summed E-state index contributed by atoms with van der Waals surface area (Å²) in [6.07, 6.45) is 2.20. The lowest BCUT2D eigenvalue weighted by Crippen LogP contribution is -2.34. The van der Waals surface area contributed by atoms with Crippen LogP contribution >= 0.6 is 11.6 Å². The van der Waals surface area contributed by atoms with Crippen LogP contribution in [0.2, 0.25) is 5.02 Å². The summed E-state index contributed by atoms with van der Waals surface area (Å²) in [6, 6.07) is 5.93. The zero-order valence-corrected chi connectivity index (χ0v) is 11.3. The van der Waals surface area contributed by atoms with Gasteiger partial charge >= 0.3 is 5.97 Å². The zero-order valence-electron chi connectivity index (χ0n) is 10.5. The molecule has 0 unspecified atom stereocenters. The van der Waals surface area contributed by atoms with Gasteiger partial charge in [-0.25, -0.2) is 0 Å². The minimum absolute atomic E-state index is 0.299. The third kappa shape index (κ3) is 3.16. The summed E-state index contributed by atoms with van der Waals surface area (Å²) in [7, 11) is 0. The van der Waals surface area contributed by atoms with Crippen LogP contribution in [0.1, 0.15) is 24.8 Å². The van der Waals surface area contributed by atoms with Gasteiger partial charge in [0.1, 0.15) is 0 Å². The molecule has 0 saturated carbocycles. The van der Waals surface area contributed by atoms with Crippen LogP contribution in [0.4, 0.5) is 5.69 Å². The summed E-state index contributed by atoms with van der Waals surface area (Å²) < 4.78 is 0. The number of aryl methyl sites for hydroxylation is 1. The van der Waals surface area contributed by atoms with E-state index in [-0.39, 0.29) is 0 Å². The highest BCUT2D eigenvalue weighted by molar-refractivity contribution is 6.30. The Kier molecular flexibility index (Phi) is 4.12. The van der Waals surface area contributed by atoms with Crippen LogP contribution in [0.15, 0.2) is 18.2 Å². The topological polar surface area (TPSA) is 40.5 Å². The van der Waals surface area contributed by atoms with Gasteiger partial charge in [0.05, 0.1) is 0 Å². The second-order valence-corrected chi connectivity index (χ2v) is 5.40. The normalized spacial score (nSPS) is 16.9. The smallest absolute Gasteiger partial charge is 0.303 e. The average molecular weight is 268 g/mol. The van der Waals surface area contributed by atoms with E-state index in [2.05, 4.69) is 17.9 Å². The molecule has 1 heterocycles. The first-order valence-electron chi connectivity index (χ1n) is 6.29. The van der Waals surface area contributed by atoms with Gasteiger partial charge in [-0.3, -0.25) is 4.79 Å². The van der Waals surface area contributed by atoms with Gasteiger partial charge in [-0.2, -0.15) is 0 Å². The fraction of sp³-hybridized carbons (Fsp3) is 0.500. The maximum atomic E-state index is 10.7. The van der Waals surface area contributed by atoms with E-state index in [0.717, 1.165) is 31.0 Å². The van der Waals surface area contributed by atoms with Gasteiger partial charge in [-0.15, -0.1) is 0 Å². The summed E-state index contributed by atoms with van der Waals surface area (Å²) >= 11 is 5.95. The van der Waals surface area contributed by atoms with Gasteiger partial charge in [0.25, 0.3) is 0 Å². The van der Waals surface area contributed by atoms with E-state index in [1.165, 1.54) is 11.3 Å². The maximum absolute atomic E-state index is 10.7. The van der Waals surface area contributed by atoms with Crippen LogP contribution < -0.4 is 4.90 Å². The molecule has 3 nitrogen and oxygen atoms in total. The van der Waals surface area contributed by atoms with Crippen molar-refractivity contribution in [2.75, 3.05) is 18.0 Å². The zero-order chi connectivity index (χ0) is 13.1. The molecule has 1 saturated heterocycles. The predicted octanol–water partition coefficient (Wildman–Crippen LogP) is 3.34. The van der Waals surface area contributed by atoms with Crippen molar-refractivity contribution in [2.24, 2.45) is 5.92 Å². The highest BCUT2D eigenvalue weighted by atomic mass is 35.5. The molecule has 0 bridgehead atoms. The molecular formula is C14H18ClNO2. The number of piperidine rings is 1. The van der Waals surface area contributed by atoms with Crippen molar-refractivity contribution >= 4 is 23.3 Å². The van der Waals surface area contributed by atoms with Crippen LogP contribution in [-0.2, 0) is 4.79 Å². The number of halogens is 1. The lowest BCUT2D eigenvalue weighted by molar-refractivity contribution is -0.138. The summed E-state index contributed by atoms with van der Waals surface area (Å²) in [4.78, 5) is 13.0. The van der Waals surface area contributed by atoms with Crippen molar-refractivity contribution in [1.82, 2.24) is 0 Å². The van der Waals surface area contributed by atoms with Crippen LogP contribution in [0, 0.1) is 12.8 Å². The molecule has 0 atom stereocenters. The fourth-order valence-corrected chi connectivity index (χ4v) is 2.83. The molecule has 18 heavy (non-hydrogen) atoms. The van der Waals surface area contributed by atoms with Crippen LogP contribution in [0.5, 0.6) is 0 Å². The molecule has 1 fully saturated rings. The predicted molar refractivity (Wildman–Crippen MR) is 73.4 cm³/mol. The molecule has 0 spiro atoms. The van der Waals surface area contributed by atoms with Crippen molar-refractivity contribution < 1.29 is 9.90 Å². The second kappa shape index (κ2) is 5.61. The Balaban J connectivity index is 1.99. The van der Waals surface area contributed by atoms with Gasteiger partial charge in [0, 0.05) is 30.2 Å². The average Bonchev–Trinajstić information content (AvgIpc) is 2.30. The molecule has 0 amide bonds. The number of hydrogen-bond donors (Lipinski definition) is 1. The van der Waals surface area contributed by atoms with E-state index >= 15 is 0 Å². The number of carboxylic acid groups (broad SMARTS) is 1. The van der Waals surface area contributed by atoms with Gasteiger partial charge in [0.2, 0.25) is 0 Å². The first-order valence-corrected chi connectivity index (χ1v) is 6.67. The summed E-state index contributed by atoms with van der Waals surface area (Å²) in [5.74, 6) is -0.359. The van der Waals surface area contributed by atoms with Gasteiger partial charge < -0.3 is 10.0 Å². The maximum Gasteiger partial charge on any atom is 0.303 e. The Labute approximate surface area is 112 Å². The molecule has 1 aromatic rings. The number of nitrogens with zero attached hydrogens (tertiary/aromatic N) is 1. The number of carboxylic acids is 1. The second-order valence-electron chi connectivity index (χ2n) is 4.96. The molecule has 4 heteroatoms. The minimum atomic E-state index is -0.684. The van der Waals surface area contributed by atoms with Crippen LogP contribution in [0.25, 0.3) is 0 Å². The highest BCUT2D eigenvalue weighted by Gasteiger charge is 2.22. The Morgan fingerprint density at radius 2 is 2.11 bits per heavy atom. The van der Waals surface area contributed by atoms with Crippen molar-refractivity contribution in [3.8, 4) is 0 Å².